The molecular weight excluding hydrogens is 246 g/mol. The van der Waals surface area contributed by atoms with Gasteiger partial charge >= 0.3 is 0 Å². The monoisotopic (exact) mass is 271 g/mol. The molecule has 0 heterocycles. The van der Waals surface area contributed by atoms with Crippen LogP contribution < -0.4 is 5.32 Å². The van der Waals surface area contributed by atoms with Gasteiger partial charge in [0.2, 0.25) is 0 Å². The number of hydrogen-bond donors (Lipinski definition) is 2. The molecule has 0 aromatic carbocycles. The normalized spacial score (nSPS) is 23.9. The van der Waals surface area contributed by atoms with E-state index in [1.165, 1.54) is 64.2 Å². The summed E-state index contributed by atoms with van der Waals surface area (Å²) in [6.07, 6.45) is 14.1. The Bertz CT molecular complexity index is 225. The average molecular weight is 271 g/mol. The molecule has 2 aliphatic carbocycles. The lowest BCUT2D eigenvalue weighted by Gasteiger charge is -2.38. The van der Waals surface area contributed by atoms with Gasteiger partial charge in [-0.1, -0.05) is 50.7 Å². The molecule has 0 atom stereocenters. The maximum Gasteiger partial charge on any atom is 0.130 e. The lowest BCUT2D eigenvalue weighted by molar-refractivity contribution is 0.191. The van der Waals surface area contributed by atoms with Crippen molar-refractivity contribution >= 4 is 29.2 Å². The second-order valence-electron chi connectivity index (χ2n) is 5.77. The van der Waals surface area contributed by atoms with Crippen LogP contribution in [0.25, 0.3) is 0 Å². The van der Waals surface area contributed by atoms with Gasteiger partial charge in [0.05, 0.1) is 0 Å². The fourth-order valence-electron chi connectivity index (χ4n) is 3.75. The van der Waals surface area contributed by atoms with Crippen molar-refractivity contribution in [2.75, 3.05) is 0 Å². The van der Waals surface area contributed by atoms with Crippen molar-refractivity contribution in [1.82, 2.24) is 5.32 Å². The summed E-state index contributed by atoms with van der Waals surface area (Å²) in [7, 11) is 0. The highest BCUT2D eigenvalue weighted by Gasteiger charge is 2.31. The largest absolute Gasteiger partial charge is 0.368 e. The van der Waals surface area contributed by atoms with Crippen LogP contribution in [-0.4, -0.2) is 10.4 Å². The highest BCUT2D eigenvalue weighted by Crippen LogP contribution is 2.35. The molecule has 0 bridgehead atoms. The van der Waals surface area contributed by atoms with E-state index in [1.54, 1.807) is 0 Å². The van der Waals surface area contributed by atoms with Crippen molar-refractivity contribution in [1.29, 1.82) is 0 Å². The summed E-state index contributed by atoms with van der Waals surface area (Å²) >= 11 is 9.46. The molecule has 0 aromatic rings. The summed E-state index contributed by atoms with van der Waals surface area (Å²) in [6.45, 7) is 0. The zero-order chi connectivity index (χ0) is 12.1. The van der Waals surface area contributed by atoms with Crippen molar-refractivity contribution in [2.24, 2.45) is 11.8 Å². The number of rotatable bonds is 3. The van der Waals surface area contributed by atoms with Crippen molar-refractivity contribution in [3.63, 3.8) is 0 Å². The van der Waals surface area contributed by atoms with E-state index in [0.717, 1.165) is 11.8 Å². The molecule has 2 rings (SSSR count). The van der Waals surface area contributed by atoms with E-state index >= 15 is 0 Å². The Labute approximate surface area is 117 Å². The predicted molar refractivity (Wildman–Crippen MR) is 81.7 cm³/mol. The van der Waals surface area contributed by atoms with Crippen molar-refractivity contribution in [3.8, 4) is 0 Å². The van der Waals surface area contributed by atoms with Crippen molar-refractivity contribution < 1.29 is 0 Å². The first-order chi connectivity index (χ1) is 8.27. The minimum Gasteiger partial charge on any atom is -0.368 e. The predicted octanol–water partition coefficient (Wildman–Crippen LogP) is 4.32. The first-order valence-corrected chi connectivity index (χ1v) is 8.12. The Kier molecular flexibility index (Phi) is 5.61. The van der Waals surface area contributed by atoms with E-state index in [0.29, 0.717) is 10.4 Å². The zero-order valence-electron chi connectivity index (χ0n) is 10.7. The van der Waals surface area contributed by atoms with Crippen molar-refractivity contribution in [2.45, 2.75) is 70.3 Å². The summed E-state index contributed by atoms with van der Waals surface area (Å²) in [5, 5.41) is 3.51. The highest BCUT2D eigenvalue weighted by atomic mass is 32.1. The van der Waals surface area contributed by atoms with Gasteiger partial charge in [0.1, 0.15) is 4.32 Å². The Balaban J connectivity index is 1.97. The second-order valence-corrected chi connectivity index (χ2v) is 6.93. The Morgan fingerprint density at radius 1 is 0.882 bits per heavy atom. The summed E-state index contributed by atoms with van der Waals surface area (Å²) in [5.74, 6) is 1.69. The molecule has 2 aliphatic rings. The van der Waals surface area contributed by atoms with Gasteiger partial charge in [0.25, 0.3) is 0 Å². The molecule has 98 valence electrons. The zero-order valence-corrected chi connectivity index (χ0v) is 12.4. The molecule has 0 unspecified atom stereocenters. The van der Waals surface area contributed by atoms with E-state index in [2.05, 4.69) is 17.9 Å². The third-order valence-electron chi connectivity index (χ3n) is 4.61. The van der Waals surface area contributed by atoms with Gasteiger partial charge in [-0.2, -0.15) is 0 Å². The van der Waals surface area contributed by atoms with Crippen LogP contribution in [0.4, 0.5) is 0 Å². The van der Waals surface area contributed by atoms with Gasteiger partial charge in [0, 0.05) is 6.04 Å². The minimum absolute atomic E-state index is 0.612. The second kappa shape index (κ2) is 6.98. The van der Waals surface area contributed by atoms with E-state index in [-0.39, 0.29) is 0 Å². The van der Waals surface area contributed by atoms with E-state index < -0.39 is 0 Å². The van der Waals surface area contributed by atoms with Crippen LogP contribution in [0.1, 0.15) is 64.2 Å². The summed E-state index contributed by atoms with van der Waals surface area (Å²) in [4.78, 5) is 0. The lowest BCUT2D eigenvalue weighted by atomic mass is 9.74. The van der Waals surface area contributed by atoms with Crippen LogP contribution >= 0.6 is 24.8 Å². The molecule has 1 nitrogen and oxygen atoms in total. The quantitative estimate of drug-likeness (QED) is 0.586. The molecule has 0 saturated heterocycles. The third kappa shape index (κ3) is 4.13. The molecule has 0 aromatic heterocycles. The standard InChI is InChI=1S/C14H25NS2/c16-14(17)15-13(11-7-3-1-4-8-11)12-9-5-2-6-10-12/h11-13H,1-10H2,(H2,15,16,17). The molecule has 0 aliphatic heterocycles. The fourth-order valence-corrected chi connectivity index (χ4v) is 4.03. The molecule has 0 radical (unpaired) electrons. The van der Waals surface area contributed by atoms with Gasteiger partial charge in [-0.15, -0.1) is 12.6 Å². The molecule has 0 spiro atoms. The Morgan fingerprint density at radius 2 is 1.29 bits per heavy atom. The first-order valence-electron chi connectivity index (χ1n) is 7.27. The van der Waals surface area contributed by atoms with Gasteiger partial charge < -0.3 is 5.32 Å². The van der Waals surface area contributed by atoms with Gasteiger partial charge in [-0.3, -0.25) is 0 Å². The van der Waals surface area contributed by atoms with Crippen LogP contribution in [0.5, 0.6) is 0 Å². The van der Waals surface area contributed by atoms with Crippen LogP contribution in [0.15, 0.2) is 0 Å². The van der Waals surface area contributed by atoms with Gasteiger partial charge in [-0.05, 0) is 37.5 Å². The maximum absolute atomic E-state index is 5.16. The number of hydrogen-bond acceptors (Lipinski definition) is 1. The van der Waals surface area contributed by atoms with Crippen molar-refractivity contribution in [3.05, 3.63) is 0 Å². The van der Waals surface area contributed by atoms with E-state index in [4.69, 9.17) is 12.2 Å². The number of thiocarbonyl (C=S) groups is 1. The summed E-state index contributed by atoms with van der Waals surface area (Å²) in [5.41, 5.74) is 0. The van der Waals surface area contributed by atoms with E-state index in [1.807, 2.05) is 0 Å². The van der Waals surface area contributed by atoms with Crippen LogP contribution in [0.3, 0.4) is 0 Å². The van der Waals surface area contributed by atoms with Gasteiger partial charge in [-0.25, -0.2) is 0 Å². The SMILES string of the molecule is S=C(S)NC(C1CCCCC1)C1CCCCC1. The molecule has 2 fully saturated rings. The Morgan fingerprint density at radius 3 is 1.65 bits per heavy atom. The first kappa shape index (κ1) is 13.7. The summed E-state index contributed by atoms with van der Waals surface area (Å²) in [6, 6.07) is 0.612. The van der Waals surface area contributed by atoms with Crippen LogP contribution in [0.2, 0.25) is 0 Å². The van der Waals surface area contributed by atoms with Crippen LogP contribution in [0, 0.1) is 11.8 Å². The lowest BCUT2D eigenvalue weighted by Crippen LogP contribution is -2.44. The molecule has 3 heteroatoms. The van der Waals surface area contributed by atoms with Gasteiger partial charge in [0.15, 0.2) is 0 Å². The van der Waals surface area contributed by atoms with E-state index in [9.17, 15) is 0 Å². The van der Waals surface area contributed by atoms with Crippen LogP contribution in [-0.2, 0) is 0 Å². The molecule has 2 saturated carbocycles. The average Bonchev–Trinajstić information content (AvgIpc) is 2.38. The molecular formula is C14H25NS2. The third-order valence-corrected chi connectivity index (χ3v) is 4.85. The smallest absolute Gasteiger partial charge is 0.130 e. The summed E-state index contributed by atoms with van der Waals surface area (Å²) < 4.78 is 0.700. The maximum atomic E-state index is 5.16. The molecule has 1 N–H and O–H groups in total. The molecule has 17 heavy (non-hydrogen) atoms. The molecule has 0 amide bonds. The topological polar surface area (TPSA) is 12.0 Å². The minimum atomic E-state index is 0.612. The number of nitrogens with one attached hydrogen (secondary N) is 1. The Hall–Kier alpha value is 0.240. The number of thiol groups is 1. The highest BCUT2D eigenvalue weighted by molar-refractivity contribution is 8.11. The fraction of sp³-hybridized carbons (Fsp3) is 0.929.